The molecule has 3 aromatic rings. The Hall–Kier alpha value is -3.54. The first-order chi connectivity index (χ1) is 16.9. The van der Waals surface area contributed by atoms with Crippen LogP contribution in [0.15, 0.2) is 70.0 Å². The van der Waals surface area contributed by atoms with E-state index in [0.29, 0.717) is 32.0 Å². The number of imide groups is 1. The zero-order chi connectivity index (χ0) is 24.9. The van der Waals surface area contributed by atoms with E-state index in [2.05, 4.69) is 22.0 Å². The maximum Gasteiger partial charge on any atom is 0.293 e. The highest BCUT2D eigenvalue weighted by molar-refractivity contribution is 9.10. The predicted molar refractivity (Wildman–Crippen MR) is 139 cm³/mol. The summed E-state index contributed by atoms with van der Waals surface area (Å²) in [5.74, 6) is 0.678. The van der Waals surface area contributed by atoms with Crippen molar-refractivity contribution in [2.45, 2.75) is 20.1 Å². The Morgan fingerprint density at radius 2 is 1.86 bits per heavy atom. The average molecular weight is 549 g/mol. The average Bonchev–Trinajstić information content (AvgIpc) is 3.10. The highest BCUT2D eigenvalue weighted by Crippen LogP contribution is 2.39. The summed E-state index contributed by atoms with van der Waals surface area (Å²) in [6.45, 7) is 2.50. The van der Waals surface area contributed by atoms with Crippen molar-refractivity contribution in [2.24, 2.45) is 0 Å². The number of methoxy groups -OCH3 is 1. The lowest BCUT2D eigenvalue weighted by Gasteiger charge is -2.14. The fourth-order valence-corrected chi connectivity index (χ4v) is 4.99. The minimum absolute atomic E-state index is 0.235. The van der Waals surface area contributed by atoms with Crippen molar-refractivity contribution in [3.8, 4) is 17.6 Å². The minimum atomic E-state index is -0.322. The summed E-state index contributed by atoms with van der Waals surface area (Å²) in [5, 5.41) is 8.64. The lowest BCUT2D eigenvalue weighted by molar-refractivity contribution is -0.123. The molecule has 1 aliphatic rings. The molecule has 0 radical (unpaired) electrons. The van der Waals surface area contributed by atoms with Crippen molar-refractivity contribution in [3.63, 3.8) is 0 Å². The molecule has 0 N–H and O–H groups in total. The topological polar surface area (TPSA) is 79.6 Å². The Kier molecular flexibility index (Phi) is 7.59. The van der Waals surface area contributed by atoms with Crippen molar-refractivity contribution in [1.82, 2.24) is 4.90 Å². The van der Waals surface area contributed by atoms with Gasteiger partial charge in [-0.15, -0.1) is 0 Å². The molecule has 176 valence electrons. The summed E-state index contributed by atoms with van der Waals surface area (Å²) in [7, 11) is 1.54. The quantitative estimate of drug-likeness (QED) is 0.315. The van der Waals surface area contributed by atoms with Gasteiger partial charge in [0, 0.05) is 0 Å². The highest BCUT2D eigenvalue weighted by atomic mass is 79.9. The maximum absolute atomic E-state index is 12.9. The van der Waals surface area contributed by atoms with E-state index in [1.807, 2.05) is 49.4 Å². The number of nitriles is 1. The number of aryl methyl sites for hydroxylation is 1. The monoisotopic (exact) mass is 548 g/mol. The van der Waals surface area contributed by atoms with Crippen LogP contribution in [0, 0.1) is 18.3 Å². The Bertz CT molecular complexity index is 1360. The van der Waals surface area contributed by atoms with Crippen molar-refractivity contribution < 1.29 is 19.1 Å². The van der Waals surface area contributed by atoms with Crippen LogP contribution < -0.4 is 9.47 Å². The summed E-state index contributed by atoms with van der Waals surface area (Å²) in [6.07, 6.45) is 1.68. The van der Waals surface area contributed by atoms with E-state index in [0.717, 1.165) is 28.5 Å². The maximum atomic E-state index is 12.9. The lowest BCUT2D eigenvalue weighted by atomic mass is 10.1. The molecule has 0 aromatic heterocycles. The first kappa shape index (κ1) is 24.6. The molecule has 35 heavy (non-hydrogen) atoms. The SMILES string of the molecule is COc1cc(/C=C2\SC(=O)N(Cc3cccc(C)c3)C2=O)cc(Br)c1OCc1ccc(C#N)cc1. The standard InChI is InChI=1S/C27H21BrN2O4S/c1-17-4-3-5-20(10-17)15-30-26(31)24(35-27(30)32)13-21-11-22(28)25(23(12-21)33-2)34-16-19-8-6-18(14-29)7-9-19/h3-13H,15-16H2,1-2H3/b24-13-. The molecule has 4 rings (SSSR count). The summed E-state index contributed by atoms with van der Waals surface area (Å²) >= 11 is 4.45. The van der Waals surface area contributed by atoms with Gasteiger partial charge in [0.25, 0.3) is 11.1 Å². The number of hydrogen-bond acceptors (Lipinski definition) is 6. The third-order valence-electron chi connectivity index (χ3n) is 5.31. The van der Waals surface area contributed by atoms with Crippen LogP contribution in [0.25, 0.3) is 6.08 Å². The first-order valence-corrected chi connectivity index (χ1v) is 12.3. The van der Waals surface area contributed by atoms with Crippen LogP contribution in [0.3, 0.4) is 0 Å². The second-order valence-corrected chi connectivity index (χ2v) is 9.74. The Labute approximate surface area is 216 Å². The van der Waals surface area contributed by atoms with Crippen LogP contribution in [-0.2, 0) is 17.9 Å². The molecular formula is C27H21BrN2O4S. The van der Waals surface area contributed by atoms with Gasteiger partial charge in [-0.25, -0.2) is 0 Å². The van der Waals surface area contributed by atoms with E-state index in [1.165, 1.54) is 12.0 Å². The number of thioether (sulfide) groups is 1. The zero-order valence-corrected chi connectivity index (χ0v) is 21.5. The van der Waals surface area contributed by atoms with E-state index in [-0.39, 0.29) is 24.3 Å². The molecule has 8 heteroatoms. The van der Waals surface area contributed by atoms with Crippen molar-refractivity contribution >= 4 is 44.9 Å². The highest BCUT2D eigenvalue weighted by Gasteiger charge is 2.35. The predicted octanol–water partition coefficient (Wildman–Crippen LogP) is 6.45. The largest absolute Gasteiger partial charge is 0.493 e. The molecular weight excluding hydrogens is 528 g/mol. The molecule has 6 nitrogen and oxygen atoms in total. The third kappa shape index (κ3) is 5.76. The van der Waals surface area contributed by atoms with E-state index in [9.17, 15) is 9.59 Å². The molecule has 0 atom stereocenters. The van der Waals surface area contributed by atoms with Gasteiger partial charge in [-0.2, -0.15) is 5.26 Å². The molecule has 0 aliphatic carbocycles. The molecule has 0 bridgehead atoms. The number of hydrogen-bond donors (Lipinski definition) is 0. The summed E-state index contributed by atoms with van der Waals surface area (Å²) in [5.41, 5.74) is 4.16. The van der Waals surface area contributed by atoms with Gasteiger partial charge < -0.3 is 9.47 Å². The van der Waals surface area contributed by atoms with E-state index in [1.54, 1.807) is 24.3 Å². The van der Waals surface area contributed by atoms with Crippen LogP contribution in [0.4, 0.5) is 4.79 Å². The van der Waals surface area contributed by atoms with Crippen molar-refractivity contribution in [3.05, 3.63) is 97.9 Å². The molecule has 3 aromatic carbocycles. The number of benzene rings is 3. The fraction of sp³-hybridized carbons (Fsp3) is 0.148. The van der Waals surface area contributed by atoms with Crippen LogP contribution in [0.5, 0.6) is 11.5 Å². The smallest absolute Gasteiger partial charge is 0.293 e. The van der Waals surface area contributed by atoms with Gasteiger partial charge in [-0.05, 0) is 81.6 Å². The third-order valence-corrected chi connectivity index (χ3v) is 6.81. The summed E-state index contributed by atoms with van der Waals surface area (Å²) in [6, 6.07) is 20.5. The van der Waals surface area contributed by atoms with Gasteiger partial charge in [-0.1, -0.05) is 42.0 Å². The molecule has 2 amide bonds. The van der Waals surface area contributed by atoms with Crippen LogP contribution in [0.2, 0.25) is 0 Å². The fourth-order valence-electron chi connectivity index (χ4n) is 3.57. The second kappa shape index (κ2) is 10.8. The normalized spacial score (nSPS) is 14.3. The van der Waals surface area contributed by atoms with Gasteiger partial charge >= 0.3 is 0 Å². The number of nitrogens with zero attached hydrogens (tertiary/aromatic N) is 2. The van der Waals surface area contributed by atoms with Gasteiger partial charge in [0.2, 0.25) is 0 Å². The van der Waals surface area contributed by atoms with Gasteiger partial charge in [0.1, 0.15) is 6.61 Å². The molecule has 1 fully saturated rings. The Balaban J connectivity index is 1.52. The number of carbonyl (C=O) groups is 2. The minimum Gasteiger partial charge on any atom is -0.493 e. The van der Waals surface area contributed by atoms with Crippen molar-refractivity contribution in [2.75, 3.05) is 7.11 Å². The lowest BCUT2D eigenvalue weighted by Crippen LogP contribution is -2.27. The van der Waals surface area contributed by atoms with Gasteiger partial charge in [0.05, 0.1) is 34.7 Å². The van der Waals surface area contributed by atoms with E-state index >= 15 is 0 Å². The Morgan fingerprint density at radius 3 is 2.54 bits per heavy atom. The molecule has 0 spiro atoms. The van der Waals surface area contributed by atoms with Crippen LogP contribution in [-0.4, -0.2) is 23.2 Å². The molecule has 1 saturated heterocycles. The molecule has 1 heterocycles. The van der Waals surface area contributed by atoms with Gasteiger partial charge in [0.15, 0.2) is 11.5 Å². The Morgan fingerprint density at radius 1 is 1.09 bits per heavy atom. The first-order valence-electron chi connectivity index (χ1n) is 10.7. The van der Waals surface area contributed by atoms with E-state index < -0.39 is 0 Å². The van der Waals surface area contributed by atoms with E-state index in [4.69, 9.17) is 14.7 Å². The second-order valence-electron chi connectivity index (χ2n) is 7.89. The zero-order valence-electron chi connectivity index (χ0n) is 19.1. The van der Waals surface area contributed by atoms with Crippen molar-refractivity contribution in [1.29, 1.82) is 5.26 Å². The summed E-state index contributed by atoms with van der Waals surface area (Å²) < 4.78 is 12.1. The summed E-state index contributed by atoms with van der Waals surface area (Å²) in [4.78, 5) is 27.1. The molecule has 0 saturated carbocycles. The van der Waals surface area contributed by atoms with Crippen LogP contribution >= 0.6 is 27.7 Å². The number of amides is 2. The number of rotatable bonds is 7. The number of carbonyl (C=O) groups excluding carboxylic acids is 2. The molecule has 1 aliphatic heterocycles. The molecule has 0 unspecified atom stereocenters. The number of halogens is 1. The van der Waals surface area contributed by atoms with Gasteiger partial charge in [-0.3, -0.25) is 14.5 Å². The number of ether oxygens (including phenoxy) is 2. The van der Waals surface area contributed by atoms with Crippen LogP contribution in [0.1, 0.15) is 27.8 Å².